The van der Waals surface area contributed by atoms with Gasteiger partial charge in [-0.2, -0.15) is 0 Å². The number of Topliss-reactive ketones (excluding diaryl/α,β-unsaturated/α-hetero) is 1. The first kappa shape index (κ1) is 19.6. The molecular formula is C25H22N2O3. The molecule has 1 heterocycles. The van der Waals surface area contributed by atoms with Crippen LogP contribution < -0.4 is 11.2 Å². The molecule has 4 rings (SSSR count). The first-order valence-corrected chi connectivity index (χ1v) is 9.83. The molecule has 0 aliphatic carbocycles. The van der Waals surface area contributed by atoms with Crippen LogP contribution in [0.4, 0.5) is 0 Å². The van der Waals surface area contributed by atoms with Gasteiger partial charge in [0.25, 0.3) is 5.56 Å². The van der Waals surface area contributed by atoms with Gasteiger partial charge in [0.05, 0.1) is 6.54 Å². The highest BCUT2D eigenvalue weighted by Crippen LogP contribution is 2.21. The summed E-state index contributed by atoms with van der Waals surface area (Å²) >= 11 is 0. The molecule has 0 aliphatic rings. The van der Waals surface area contributed by atoms with Crippen molar-refractivity contribution in [3.05, 3.63) is 116 Å². The third-order valence-corrected chi connectivity index (χ3v) is 5.48. The number of rotatable bonds is 5. The first-order valence-electron chi connectivity index (χ1n) is 9.83. The minimum Gasteiger partial charge on any atom is -0.292 e. The van der Waals surface area contributed by atoms with E-state index in [1.165, 1.54) is 4.57 Å². The van der Waals surface area contributed by atoms with Gasteiger partial charge in [-0.15, -0.1) is 0 Å². The largest absolute Gasteiger partial charge is 0.328 e. The number of aromatic amines is 1. The number of hydrogen-bond donors (Lipinski definition) is 1. The lowest BCUT2D eigenvalue weighted by Gasteiger charge is -2.15. The van der Waals surface area contributed by atoms with Gasteiger partial charge in [0.2, 0.25) is 0 Å². The van der Waals surface area contributed by atoms with Crippen LogP contribution in [0.1, 0.15) is 32.7 Å². The fourth-order valence-electron chi connectivity index (χ4n) is 3.71. The normalized spacial score (nSPS) is 11.0. The topological polar surface area (TPSA) is 71.9 Å². The maximum absolute atomic E-state index is 12.8. The molecule has 3 aromatic carbocycles. The molecular weight excluding hydrogens is 376 g/mol. The van der Waals surface area contributed by atoms with Crippen LogP contribution in [0.15, 0.2) is 76.3 Å². The molecule has 0 atom stereocenters. The van der Waals surface area contributed by atoms with Crippen LogP contribution in [0.2, 0.25) is 0 Å². The van der Waals surface area contributed by atoms with Gasteiger partial charge in [-0.1, -0.05) is 72.3 Å². The predicted octanol–water partition coefficient (Wildman–Crippen LogP) is 3.78. The summed E-state index contributed by atoms with van der Waals surface area (Å²) in [4.78, 5) is 40.1. The van der Waals surface area contributed by atoms with Crippen molar-refractivity contribution in [1.82, 2.24) is 9.55 Å². The van der Waals surface area contributed by atoms with Gasteiger partial charge >= 0.3 is 5.69 Å². The first-order chi connectivity index (χ1) is 14.4. The summed E-state index contributed by atoms with van der Waals surface area (Å²) in [5, 5.41) is 2.14. The molecule has 0 fully saturated rings. The fourth-order valence-corrected chi connectivity index (χ4v) is 3.71. The highest BCUT2D eigenvalue weighted by molar-refractivity contribution is 5.96. The number of carbonyl (C=O) groups excluding carboxylic acids is 1. The maximum Gasteiger partial charge on any atom is 0.328 e. The molecule has 0 saturated heterocycles. The second kappa shape index (κ2) is 7.95. The van der Waals surface area contributed by atoms with E-state index >= 15 is 0 Å². The lowest BCUT2D eigenvalue weighted by molar-refractivity contribution is 0.0969. The number of carbonyl (C=O) groups is 1. The molecule has 150 valence electrons. The average Bonchev–Trinajstić information content (AvgIpc) is 2.75. The van der Waals surface area contributed by atoms with Crippen molar-refractivity contribution < 1.29 is 4.79 Å². The van der Waals surface area contributed by atoms with Crippen LogP contribution in [0.3, 0.4) is 0 Å². The van der Waals surface area contributed by atoms with Crippen molar-refractivity contribution in [1.29, 1.82) is 0 Å². The van der Waals surface area contributed by atoms with Crippen molar-refractivity contribution in [2.75, 3.05) is 0 Å². The zero-order valence-electron chi connectivity index (χ0n) is 16.9. The second-order valence-corrected chi connectivity index (χ2v) is 7.52. The zero-order valence-corrected chi connectivity index (χ0v) is 16.9. The number of aryl methyl sites for hydroxylation is 1. The number of fused-ring (bicyclic) bond motifs is 1. The van der Waals surface area contributed by atoms with Gasteiger partial charge in [0.15, 0.2) is 5.78 Å². The molecule has 0 aliphatic heterocycles. The molecule has 5 nitrogen and oxygen atoms in total. The Morgan fingerprint density at radius 3 is 2.37 bits per heavy atom. The lowest BCUT2D eigenvalue weighted by Crippen LogP contribution is -2.36. The highest BCUT2D eigenvalue weighted by atomic mass is 16.2. The Balaban J connectivity index is 1.79. The molecule has 0 spiro atoms. The van der Waals surface area contributed by atoms with E-state index in [4.69, 9.17) is 0 Å². The molecule has 1 aromatic heterocycles. The Morgan fingerprint density at radius 1 is 0.900 bits per heavy atom. The number of nitrogens with one attached hydrogen (secondary N) is 1. The second-order valence-electron chi connectivity index (χ2n) is 7.52. The van der Waals surface area contributed by atoms with E-state index in [2.05, 4.69) is 4.98 Å². The van der Waals surface area contributed by atoms with E-state index in [0.29, 0.717) is 23.2 Å². The van der Waals surface area contributed by atoms with Crippen molar-refractivity contribution in [2.24, 2.45) is 0 Å². The minimum absolute atomic E-state index is 0.125. The number of hydrogen-bond acceptors (Lipinski definition) is 3. The third kappa shape index (κ3) is 3.74. The molecule has 4 aromatic rings. The Labute approximate surface area is 173 Å². The van der Waals surface area contributed by atoms with Crippen molar-refractivity contribution in [2.45, 2.75) is 26.8 Å². The van der Waals surface area contributed by atoms with E-state index < -0.39 is 11.2 Å². The summed E-state index contributed by atoms with van der Waals surface area (Å²) in [5.74, 6) is -0.178. The van der Waals surface area contributed by atoms with Gasteiger partial charge < -0.3 is 0 Å². The smallest absolute Gasteiger partial charge is 0.292 e. The summed E-state index contributed by atoms with van der Waals surface area (Å²) in [7, 11) is 0. The predicted molar refractivity (Wildman–Crippen MR) is 118 cm³/mol. The quantitative estimate of drug-likeness (QED) is 0.520. The van der Waals surface area contributed by atoms with Crippen LogP contribution in [-0.4, -0.2) is 15.3 Å². The van der Waals surface area contributed by atoms with Gasteiger partial charge in [-0.3, -0.25) is 19.1 Å². The number of H-pyrrole nitrogens is 1. The summed E-state index contributed by atoms with van der Waals surface area (Å²) in [5.41, 5.74) is 2.60. The van der Waals surface area contributed by atoms with Gasteiger partial charge in [-0.05, 0) is 30.2 Å². The van der Waals surface area contributed by atoms with E-state index in [9.17, 15) is 14.4 Å². The average molecular weight is 398 g/mol. The van der Waals surface area contributed by atoms with E-state index in [1.807, 2.05) is 61.5 Å². The number of nitrogens with zero attached hydrogens (tertiary/aromatic N) is 1. The molecule has 1 N–H and O–H groups in total. The van der Waals surface area contributed by atoms with Crippen LogP contribution in [0.25, 0.3) is 10.8 Å². The van der Waals surface area contributed by atoms with E-state index in [-0.39, 0.29) is 12.3 Å². The number of benzene rings is 3. The number of ketones is 1. The molecule has 0 amide bonds. The fraction of sp³-hybridized carbons (Fsp3) is 0.160. The molecule has 30 heavy (non-hydrogen) atoms. The maximum atomic E-state index is 12.8. The zero-order chi connectivity index (χ0) is 21.3. The number of aromatic nitrogens is 2. The van der Waals surface area contributed by atoms with Crippen LogP contribution in [-0.2, 0) is 13.0 Å². The Morgan fingerprint density at radius 2 is 1.60 bits per heavy atom. The monoisotopic (exact) mass is 398 g/mol. The van der Waals surface area contributed by atoms with Gasteiger partial charge in [0, 0.05) is 23.2 Å². The van der Waals surface area contributed by atoms with Crippen LogP contribution in [0, 0.1) is 13.8 Å². The van der Waals surface area contributed by atoms with Crippen molar-refractivity contribution in [3.63, 3.8) is 0 Å². The van der Waals surface area contributed by atoms with Crippen molar-refractivity contribution >= 4 is 16.6 Å². The van der Waals surface area contributed by atoms with Gasteiger partial charge in [0.1, 0.15) is 0 Å². The minimum atomic E-state index is -0.568. The van der Waals surface area contributed by atoms with Crippen LogP contribution >= 0.6 is 0 Å². The van der Waals surface area contributed by atoms with E-state index in [0.717, 1.165) is 21.9 Å². The molecule has 0 unspecified atom stereocenters. The summed E-state index contributed by atoms with van der Waals surface area (Å²) in [6, 6.07) is 21.2. The molecule has 0 saturated carbocycles. The third-order valence-electron chi connectivity index (χ3n) is 5.48. The molecule has 0 radical (unpaired) electrons. The Bertz CT molecular complexity index is 1360. The lowest BCUT2D eigenvalue weighted by atomic mass is 9.99. The summed E-state index contributed by atoms with van der Waals surface area (Å²) in [6.07, 6.45) is 0.382. The van der Waals surface area contributed by atoms with E-state index in [1.54, 1.807) is 19.1 Å². The molecule has 5 heteroatoms. The summed E-state index contributed by atoms with van der Waals surface area (Å²) in [6.45, 7) is 3.51. The van der Waals surface area contributed by atoms with Crippen molar-refractivity contribution in [3.8, 4) is 0 Å². The standard InChI is InChI=1S/C25H22N2O3/c1-16-10-12-19(13-11-16)23(28)15-27-22(17(2)24(29)26-25(27)30)14-20-8-5-7-18-6-3-4-9-21(18)20/h3-13H,14-15H2,1-2H3,(H,26,29,30). The summed E-state index contributed by atoms with van der Waals surface area (Å²) < 4.78 is 1.39. The Hall–Kier alpha value is -3.73. The SMILES string of the molecule is Cc1ccc(C(=O)Cn2c(Cc3cccc4ccccc34)c(C)c(=O)[nH]c2=O)cc1. The van der Waals surface area contributed by atoms with Gasteiger partial charge in [-0.25, -0.2) is 4.79 Å². The van der Waals surface area contributed by atoms with Crippen LogP contribution in [0.5, 0.6) is 0 Å². The Kier molecular flexibility index (Phi) is 5.19. The highest BCUT2D eigenvalue weighted by Gasteiger charge is 2.17. The molecule has 0 bridgehead atoms.